The molecule has 0 fully saturated rings. The summed E-state index contributed by atoms with van der Waals surface area (Å²) < 4.78 is 1.06. The van der Waals surface area contributed by atoms with Crippen molar-refractivity contribution >= 4 is 27.7 Å². The molecule has 0 aliphatic heterocycles. The highest BCUT2D eigenvalue weighted by Gasteiger charge is 1.97. The zero-order valence-corrected chi connectivity index (χ0v) is 9.28. The van der Waals surface area contributed by atoms with E-state index in [1.807, 2.05) is 12.3 Å². The van der Waals surface area contributed by atoms with Crippen LogP contribution < -0.4 is 0 Å². The van der Waals surface area contributed by atoms with Gasteiger partial charge in [0.15, 0.2) is 0 Å². The van der Waals surface area contributed by atoms with Gasteiger partial charge < -0.3 is 0 Å². The minimum atomic E-state index is 0.911. The third-order valence-electron chi connectivity index (χ3n) is 1.37. The molecular formula is C9H10BrNS. The van der Waals surface area contributed by atoms with E-state index in [2.05, 4.69) is 40.5 Å². The summed E-state index contributed by atoms with van der Waals surface area (Å²) in [6.07, 6.45) is 3.71. The van der Waals surface area contributed by atoms with E-state index in [9.17, 15) is 0 Å². The summed E-state index contributed by atoms with van der Waals surface area (Å²) in [5.41, 5.74) is 1.22. The van der Waals surface area contributed by atoms with Crippen molar-refractivity contribution in [2.75, 3.05) is 5.75 Å². The number of hydrogen-bond donors (Lipinski definition) is 0. The van der Waals surface area contributed by atoms with E-state index in [1.54, 1.807) is 11.8 Å². The number of halogens is 1. The lowest BCUT2D eigenvalue weighted by atomic mass is 10.3. The van der Waals surface area contributed by atoms with Gasteiger partial charge in [-0.15, -0.1) is 18.3 Å². The van der Waals surface area contributed by atoms with Crippen molar-refractivity contribution in [2.45, 2.75) is 11.9 Å². The summed E-state index contributed by atoms with van der Waals surface area (Å²) in [6.45, 7) is 5.72. The average Bonchev–Trinajstić information content (AvgIpc) is 2.07. The number of aromatic nitrogens is 1. The molecule has 0 aromatic carbocycles. The fourth-order valence-corrected chi connectivity index (χ4v) is 1.63. The van der Waals surface area contributed by atoms with Crippen LogP contribution in [0.1, 0.15) is 5.56 Å². The molecule has 0 bridgehead atoms. The average molecular weight is 244 g/mol. The predicted octanol–water partition coefficient (Wildman–Crippen LogP) is 3.43. The molecule has 0 N–H and O–H groups in total. The molecule has 0 unspecified atom stereocenters. The Kier molecular flexibility index (Phi) is 3.82. The fourth-order valence-electron chi connectivity index (χ4n) is 0.737. The lowest BCUT2D eigenvalue weighted by Gasteiger charge is -2.00. The lowest BCUT2D eigenvalue weighted by Crippen LogP contribution is -1.83. The van der Waals surface area contributed by atoms with Crippen molar-refractivity contribution in [1.29, 1.82) is 0 Å². The first-order valence-corrected chi connectivity index (χ1v) is 5.37. The summed E-state index contributed by atoms with van der Waals surface area (Å²) in [7, 11) is 0. The molecule has 0 saturated heterocycles. The van der Waals surface area contributed by atoms with E-state index in [-0.39, 0.29) is 0 Å². The number of pyridine rings is 1. The van der Waals surface area contributed by atoms with Crippen LogP contribution in [0.4, 0.5) is 0 Å². The Bertz CT molecular complexity index is 286. The maximum absolute atomic E-state index is 4.24. The maximum Gasteiger partial charge on any atom is 0.0966 e. The fraction of sp³-hybridized carbons (Fsp3) is 0.222. The van der Waals surface area contributed by atoms with Crippen LogP contribution >= 0.6 is 27.7 Å². The smallest absolute Gasteiger partial charge is 0.0966 e. The number of aryl methyl sites for hydroxylation is 1. The zero-order valence-electron chi connectivity index (χ0n) is 6.88. The molecule has 0 spiro atoms. The monoisotopic (exact) mass is 243 g/mol. The van der Waals surface area contributed by atoms with E-state index in [1.165, 1.54) is 5.56 Å². The van der Waals surface area contributed by atoms with Crippen molar-refractivity contribution in [3.63, 3.8) is 0 Å². The highest BCUT2D eigenvalue weighted by molar-refractivity contribution is 9.10. The molecule has 1 rings (SSSR count). The van der Waals surface area contributed by atoms with Gasteiger partial charge in [0, 0.05) is 16.4 Å². The van der Waals surface area contributed by atoms with Gasteiger partial charge in [0.05, 0.1) is 5.03 Å². The van der Waals surface area contributed by atoms with Gasteiger partial charge >= 0.3 is 0 Å². The highest BCUT2D eigenvalue weighted by Crippen LogP contribution is 2.21. The third kappa shape index (κ3) is 2.64. The van der Waals surface area contributed by atoms with Crippen LogP contribution in [0.25, 0.3) is 0 Å². The minimum absolute atomic E-state index is 0.911. The predicted molar refractivity (Wildman–Crippen MR) is 57.6 cm³/mol. The Morgan fingerprint density at radius 2 is 2.50 bits per heavy atom. The summed E-state index contributed by atoms with van der Waals surface area (Å²) in [6, 6.07) is 2.07. The Balaban J connectivity index is 2.75. The van der Waals surface area contributed by atoms with E-state index >= 15 is 0 Å². The minimum Gasteiger partial charge on any atom is -0.249 e. The molecule has 1 aromatic heterocycles. The van der Waals surface area contributed by atoms with Crippen molar-refractivity contribution in [1.82, 2.24) is 4.98 Å². The highest BCUT2D eigenvalue weighted by atomic mass is 79.9. The maximum atomic E-state index is 4.24. The van der Waals surface area contributed by atoms with Crippen LogP contribution in [0.2, 0.25) is 0 Å². The van der Waals surface area contributed by atoms with Crippen LogP contribution in [0.3, 0.4) is 0 Å². The summed E-state index contributed by atoms with van der Waals surface area (Å²) in [5, 5.41) is 1.05. The molecule has 1 aromatic rings. The van der Waals surface area contributed by atoms with Gasteiger partial charge in [-0.1, -0.05) is 6.08 Å². The van der Waals surface area contributed by atoms with Gasteiger partial charge in [-0.2, -0.15) is 0 Å². The Morgan fingerprint density at radius 3 is 3.08 bits per heavy atom. The van der Waals surface area contributed by atoms with Gasteiger partial charge in [-0.3, -0.25) is 0 Å². The van der Waals surface area contributed by atoms with Crippen molar-refractivity contribution in [3.8, 4) is 0 Å². The van der Waals surface area contributed by atoms with Crippen LogP contribution in [-0.4, -0.2) is 10.7 Å². The number of nitrogens with zero attached hydrogens (tertiary/aromatic N) is 1. The Morgan fingerprint density at radius 1 is 1.75 bits per heavy atom. The second-order valence-corrected chi connectivity index (χ2v) is 4.27. The van der Waals surface area contributed by atoms with Crippen LogP contribution in [-0.2, 0) is 0 Å². The quantitative estimate of drug-likeness (QED) is 0.596. The molecule has 1 heterocycles. The summed E-state index contributed by atoms with van der Waals surface area (Å²) in [4.78, 5) is 4.24. The third-order valence-corrected chi connectivity index (χ3v) is 3.12. The van der Waals surface area contributed by atoms with Gasteiger partial charge in [0.25, 0.3) is 0 Å². The zero-order chi connectivity index (χ0) is 8.97. The molecule has 0 radical (unpaired) electrons. The Hall–Kier alpha value is -0.280. The topological polar surface area (TPSA) is 12.9 Å². The summed E-state index contributed by atoms with van der Waals surface area (Å²) >= 11 is 5.10. The van der Waals surface area contributed by atoms with Crippen molar-refractivity contribution in [3.05, 3.63) is 35.0 Å². The summed E-state index contributed by atoms with van der Waals surface area (Å²) in [5.74, 6) is 0.911. The standard InChI is InChI=1S/C9H10BrNS/c1-3-4-12-9-5-7(2)8(10)6-11-9/h3,5-6H,1,4H2,2H3. The molecule has 3 heteroatoms. The van der Waals surface area contributed by atoms with Crippen LogP contribution in [0.15, 0.2) is 34.4 Å². The first-order valence-electron chi connectivity index (χ1n) is 3.60. The normalized spacial score (nSPS) is 9.83. The lowest BCUT2D eigenvalue weighted by molar-refractivity contribution is 1.10. The van der Waals surface area contributed by atoms with Gasteiger partial charge in [0.1, 0.15) is 0 Å². The molecule has 64 valence electrons. The number of hydrogen-bond acceptors (Lipinski definition) is 2. The van der Waals surface area contributed by atoms with Gasteiger partial charge in [-0.05, 0) is 34.5 Å². The molecule has 0 amide bonds. The van der Waals surface area contributed by atoms with Crippen molar-refractivity contribution in [2.24, 2.45) is 0 Å². The molecule has 0 atom stereocenters. The number of rotatable bonds is 3. The first-order chi connectivity index (χ1) is 5.74. The molecular weight excluding hydrogens is 234 g/mol. The largest absolute Gasteiger partial charge is 0.249 e. The van der Waals surface area contributed by atoms with E-state index in [0.29, 0.717) is 0 Å². The van der Waals surface area contributed by atoms with E-state index in [4.69, 9.17) is 0 Å². The van der Waals surface area contributed by atoms with Gasteiger partial charge in [-0.25, -0.2) is 4.98 Å². The molecule has 0 saturated carbocycles. The SMILES string of the molecule is C=CCSc1cc(C)c(Br)cn1. The molecule has 0 aliphatic rings. The number of thioether (sulfide) groups is 1. The molecule has 0 aliphatic carbocycles. The molecule has 1 nitrogen and oxygen atoms in total. The van der Waals surface area contributed by atoms with E-state index < -0.39 is 0 Å². The Labute approximate surface area is 85.4 Å². The first kappa shape index (κ1) is 9.81. The van der Waals surface area contributed by atoms with E-state index in [0.717, 1.165) is 15.3 Å². The van der Waals surface area contributed by atoms with Crippen LogP contribution in [0.5, 0.6) is 0 Å². The van der Waals surface area contributed by atoms with Gasteiger partial charge in [0.2, 0.25) is 0 Å². The second kappa shape index (κ2) is 4.67. The van der Waals surface area contributed by atoms with Crippen molar-refractivity contribution < 1.29 is 0 Å². The van der Waals surface area contributed by atoms with Crippen LogP contribution in [0, 0.1) is 6.92 Å². The molecule has 12 heavy (non-hydrogen) atoms. The second-order valence-electron chi connectivity index (χ2n) is 2.37.